The predicted molar refractivity (Wildman–Crippen MR) is 100.0 cm³/mol. The van der Waals surface area contributed by atoms with E-state index in [0.29, 0.717) is 6.29 Å². The van der Waals surface area contributed by atoms with Crippen LogP contribution in [0.1, 0.15) is 21.0 Å². The van der Waals surface area contributed by atoms with Gasteiger partial charge in [0.25, 0.3) is 5.91 Å². The van der Waals surface area contributed by atoms with Crippen LogP contribution in [-0.4, -0.2) is 28.4 Å². The van der Waals surface area contributed by atoms with Crippen LogP contribution in [0.2, 0.25) is 5.02 Å². The largest absolute Gasteiger partial charge is 0.432 e. The van der Waals surface area contributed by atoms with E-state index in [0.717, 1.165) is 18.3 Å². The zero-order valence-electron chi connectivity index (χ0n) is 15.1. The average molecular weight is 442 g/mol. The number of ether oxygens (including phenoxy) is 1. The highest BCUT2D eigenvalue weighted by molar-refractivity contribution is 6.33. The van der Waals surface area contributed by atoms with Crippen LogP contribution in [-0.2, 0) is 7.05 Å². The van der Waals surface area contributed by atoms with Crippen LogP contribution < -0.4 is 10.1 Å². The Hall–Kier alpha value is -3.40. The van der Waals surface area contributed by atoms with Crippen LogP contribution in [0.25, 0.3) is 11.3 Å². The van der Waals surface area contributed by atoms with Crippen LogP contribution in [0.3, 0.4) is 0 Å². The number of carbonyl (C=O) groups excluding carboxylic acids is 2. The lowest BCUT2D eigenvalue weighted by atomic mass is 10.1. The molecule has 0 aliphatic carbocycles. The van der Waals surface area contributed by atoms with Gasteiger partial charge in [-0.1, -0.05) is 11.6 Å². The van der Waals surface area contributed by atoms with Crippen molar-refractivity contribution >= 4 is 29.5 Å². The summed E-state index contributed by atoms with van der Waals surface area (Å²) in [4.78, 5) is 27.2. The predicted octanol–water partition coefficient (Wildman–Crippen LogP) is 4.68. The first kappa shape index (κ1) is 21.3. The molecule has 11 heteroatoms. The summed E-state index contributed by atoms with van der Waals surface area (Å²) in [6.07, 6.45) is 1.69. The number of hydrogen-bond donors (Lipinski definition) is 1. The highest BCUT2D eigenvalue weighted by Crippen LogP contribution is 2.31. The minimum absolute atomic E-state index is 0.0227. The number of imidazole rings is 1. The van der Waals surface area contributed by atoms with E-state index in [2.05, 4.69) is 15.0 Å². The number of halogens is 5. The molecule has 0 aliphatic rings. The van der Waals surface area contributed by atoms with E-state index < -0.39 is 29.9 Å². The number of rotatable bonds is 6. The fourth-order valence-corrected chi connectivity index (χ4v) is 2.90. The van der Waals surface area contributed by atoms with E-state index in [1.165, 1.54) is 29.8 Å². The first-order valence-electron chi connectivity index (χ1n) is 8.24. The third kappa shape index (κ3) is 4.13. The van der Waals surface area contributed by atoms with Gasteiger partial charge in [0, 0.05) is 23.9 Å². The number of carbonyl (C=O) groups is 2. The lowest BCUT2D eigenvalue weighted by Gasteiger charge is -2.11. The van der Waals surface area contributed by atoms with Crippen LogP contribution in [0, 0.1) is 11.6 Å². The number of amides is 1. The quantitative estimate of drug-likeness (QED) is 0.445. The van der Waals surface area contributed by atoms with Crippen molar-refractivity contribution in [2.45, 2.75) is 6.61 Å². The minimum atomic E-state index is -3.31. The molecule has 0 atom stereocenters. The van der Waals surface area contributed by atoms with Crippen molar-refractivity contribution in [3.8, 4) is 17.0 Å². The van der Waals surface area contributed by atoms with Crippen molar-refractivity contribution in [2.24, 2.45) is 7.05 Å². The zero-order valence-corrected chi connectivity index (χ0v) is 15.9. The molecule has 1 amide bonds. The molecule has 2 aromatic carbocycles. The number of benzene rings is 2. The summed E-state index contributed by atoms with van der Waals surface area (Å²) in [5.74, 6) is -4.79. The molecular formula is C19H12ClF4N3O3. The summed E-state index contributed by atoms with van der Waals surface area (Å²) in [5, 5.41) is 2.65. The first-order chi connectivity index (χ1) is 14.2. The summed E-state index contributed by atoms with van der Waals surface area (Å²) < 4.78 is 58.0. The summed E-state index contributed by atoms with van der Waals surface area (Å²) in [6, 6.07) is 6.12. The Morgan fingerprint density at radius 1 is 1.23 bits per heavy atom. The van der Waals surface area contributed by atoms with Crippen molar-refractivity contribution in [3.63, 3.8) is 0 Å². The molecular weight excluding hydrogens is 430 g/mol. The molecule has 6 nitrogen and oxygen atoms in total. The lowest BCUT2D eigenvalue weighted by Crippen LogP contribution is -2.17. The Morgan fingerprint density at radius 2 is 1.97 bits per heavy atom. The van der Waals surface area contributed by atoms with Gasteiger partial charge in [-0.2, -0.15) is 13.2 Å². The average Bonchev–Trinajstić information content (AvgIpc) is 3.07. The zero-order chi connectivity index (χ0) is 22.0. The van der Waals surface area contributed by atoms with Gasteiger partial charge >= 0.3 is 6.61 Å². The van der Waals surface area contributed by atoms with Crippen LogP contribution in [0.5, 0.6) is 5.75 Å². The Kier molecular flexibility index (Phi) is 6.06. The molecule has 0 saturated heterocycles. The van der Waals surface area contributed by atoms with Crippen molar-refractivity contribution < 1.29 is 31.9 Å². The molecule has 1 aromatic heterocycles. The van der Waals surface area contributed by atoms with Gasteiger partial charge in [-0.3, -0.25) is 9.59 Å². The van der Waals surface area contributed by atoms with Crippen LogP contribution in [0.4, 0.5) is 23.2 Å². The molecule has 1 N–H and O–H groups in total. The molecule has 156 valence electrons. The van der Waals surface area contributed by atoms with Gasteiger partial charge in [-0.05, 0) is 30.3 Å². The smallest absolute Gasteiger partial charge is 0.387 e. The summed E-state index contributed by atoms with van der Waals surface area (Å²) in [6.45, 7) is -3.31. The van der Waals surface area contributed by atoms with Crippen molar-refractivity contribution in [1.82, 2.24) is 9.55 Å². The number of alkyl halides is 2. The lowest BCUT2D eigenvalue weighted by molar-refractivity contribution is -0.0525. The number of nitrogens with zero attached hydrogens (tertiary/aromatic N) is 2. The van der Waals surface area contributed by atoms with Crippen molar-refractivity contribution in [2.75, 3.05) is 5.32 Å². The third-order valence-electron chi connectivity index (χ3n) is 4.12. The standard InChI is InChI=1S/C19H12ClF4N3O3/c1-27-13(11-4-5-14(30-19(23)24)16(22)15(11)21)7-25-17(27)18(29)26-10-3-2-9(8-28)12(20)6-10/h2-8,19H,1H3,(H,26,29). The van der Waals surface area contributed by atoms with Gasteiger partial charge in [0.1, 0.15) is 0 Å². The maximum Gasteiger partial charge on any atom is 0.387 e. The van der Waals surface area contributed by atoms with Crippen LogP contribution in [0.15, 0.2) is 36.5 Å². The minimum Gasteiger partial charge on any atom is -0.432 e. The third-order valence-corrected chi connectivity index (χ3v) is 4.44. The van der Waals surface area contributed by atoms with E-state index in [4.69, 9.17) is 11.6 Å². The molecule has 3 rings (SSSR count). The molecule has 3 aromatic rings. The molecule has 1 heterocycles. The normalized spacial score (nSPS) is 10.9. The Morgan fingerprint density at radius 3 is 2.60 bits per heavy atom. The molecule has 0 aliphatic heterocycles. The van der Waals surface area contributed by atoms with Gasteiger partial charge in [0.15, 0.2) is 23.7 Å². The molecule has 30 heavy (non-hydrogen) atoms. The molecule has 0 radical (unpaired) electrons. The summed E-state index contributed by atoms with van der Waals surface area (Å²) in [7, 11) is 1.39. The second kappa shape index (κ2) is 8.54. The highest BCUT2D eigenvalue weighted by Gasteiger charge is 2.22. The number of aromatic nitrogens is 2. The second-order valence-electron chi connectivity index (χ2n) is 5.95. The molecule has 0 unspecified atom stereocenters. The Balaban J connectivity index is 1.89. The van der Waals surface area contributed by atoms with Gasteiger partial charge < -0.3 is 14.6 Å². The summed E-state index contributed by atoms with van der Waals surface area (Å²) >= 11 is 5.91. The molecule has 0 fully saturated rings. The monoisotopic (exact) mass is 441 g/mol. The number of anilines is 1. The van der Waals surface area contributed by atoms with Gasteiger partial charge in [0.2, 0.25) is 5.82 Å². The maximum atomic E-state index is 14.4. The van der Waals surface area contributed by atoms with Crippen molar-refractivity contribution in [3.05, 3.63) is 64.6 Å². The van der Waals surface area contributed by atoms with E-state index in [-0.39, 0.29) is 33.4 Å². The number of hydrogen-bond acceptors (Lipinski definition) is 4. The topological polar surface area (TPSA) is 73.2 Å². The fourth-order valence-electron chi connectivity index (χ4n) is 2.67. The highest BCUT2D eigenvalue weighted by atomic mass is 35.5. The summed E-state index contributed by atoms with van der Waals surface area (Å²) in [5.41, 5.74) is 0.243. The molecule has 0 spiro atoms. The number of aldehydes is 1. The van der Waals surface area contributed by atoms with Crippen molar-refractivity contribution in [1.29, 1.82) is 0 Å². The SMILES string of the molecule is Cn1c(-c2ccc(OC(F)F)c(F)c2F)cnc1C(=O)Nc1ccc(C=O)c(Cl)c1. The van der Waals surface area contributed by atoms with E-state index >= 15 is 0 Å². The van der Waals surface area contributed by atoms with Gasteiger partial charge in [-0.15, -0.1) is 0 Å². The first-order valence-corrected chi connectivity index (χ1v) is 8.61. The maximum absolute atomic E-state index is 14.4. The van der Waals surface area contributed by atoms with Gasteiger partial charge in [0.05, 0.1) is 16.9 Å². The second-order valence-corrected chi connectivity index (χ2v) is 6.36. The Labute approximate surface area is 172 Å². The van der Waals surface area contributed by atoms with Crippen LogP contribution >= 0.6 is 11.6 Å². The molecule has 0 saturated carbocycles. The van der Waals surface area contributed by atoms with E-state index in [1.54, 1.807) is 0 Å². The van der Waals surface area contributed by atoms with Gasteiger partial charge in [-0.25, -0.2) is 9.37 Å². The number of nitrogens with one attached hydrogen (secondary N) is 1. The molecule has 0 bridgehead atoms. The van der Waals surface area contributed by atoms with E-state index in [9.17, 15) is 27.2 Å². The fraction of sp³-hybridized carbons (Fsp3) is 0.105. The van der Waals surface area contributed by atoms with E-state index in [1.807, 2.05) is 0 Å². The Bertz CT molecular complexity index is 1130.